The van der Waals surface area contributed by atoms with E-state index in [2.05, 4.69) is 15.0 Å². The van der Waals surface area contributed by atoms with Crippen molar-refractivity contribution in [2.75, 3.05) is 0 Å². The molecule has 0 bridgehead atoms. The molecule has 0 amide bonds. The molecular weight excluding hydrogens is 315 g/mol. The quantitative estimate of drug-likeness (QED) is 0.727. The van der Waals surface area contributed by atoms with Crippen LogP contribution in [0.5, 0.6) is 0 Å². The molecule has 2 heterocycles. The van der Waals surface area contributed by atoms with Gasteiger partial charge in [0, 0.05) is 17.3 Å². The second-order valence-electron chi connectivity index (χ2n) is 3.83. The number of hydrogen-bond donors (Lipinski definition) is 0. The maximum absolute atomic E-state index is 6.13. The molecule has 0 N–H and O–H groups in total. The highest BCUT2D eigenvalue weighted by Gasteiger charge is 2.09. The molecule has 0 spiro atoms. The van der Waals surface area contributed by atoms with E-state index in [1.165, 1.54) is 11.8 Å². The number of imidazole rings is 1. The number of rotatable bonds is 3. The van der Waals surface area contributed by atoms with E-state index in [1.807, 2.05) is 24.3 Å². The van der Waals surface area contributed by atoms with Gasteiger partial charge in [-0.2, -0.15) is 0 Å². The molecule has 0 aliphatic carbocycles. The summed E-state index contributed by atoms with van der Waals surface area (Å²) in [6.45, 7) is 0. The van der Waals surface area contributed by atoms with E-state index in [9.17, 15) is 0 Å². The predicted octanol–water partition coefficient (Wildman–Crippen LogP) is 4.12. The average molecular weight is 323 g/mol. The second kappa shape index (κ2) is 5.83. The monoisotopic (exact) mass is 322 g/mol. The van der Waals surface area contributed by atoms with Crippen LogP contribution in [0.25, 0.3) is 5.82 Å². The van der Waals surface area contributed by atoms with Crippen LogP contribution in [0.1, 0.15) is 0 Å². The average Bonchev–Trinajstić information content (AvgIpc) is 2.97. The van der Waals surface area contributed by atoms with Crippen LogP contribution < -0.4 is 0 Å². The summed E-state index contributed by atoms with van der Waals surface area (Å²) < 4.78 is 1.71. The Balaban J connectivity index is 1.96. The van der Waals surface area contributed by atoms with Crippen molar-refractivity contribution < 1.29 is 0 Å². The van der Waals surface area contributed by atoms with Gasteiger partial charge in [-0.15, -0.1) is 0 Å². The largest absolute Gasteiger partial charge is 0.288 e. The summed E-state index contributed by atoms with van der Waals surface area (Å²) >= 11 is 13.6. The molecule has 0 aliphatic rings. The van der Waals surface area contributed by atoms with Gasteiger partial charge in [0.15, 0.2) is 11.0 Å². The van der Waals surface area contributed by atoms with Crippen molar-refractivity contribution in [1.82, 2.24) is 19.5 Å². The third kappa shape index (κ3) is 2.80. The minimum atomic E-state index is 0.325. The number of benzene rings is 1. The van der Waals surface area contributed by atoms with Gasteiger partial charge in [0.25, 0.3) is 0 Å². The summed E-state index contributed by atoms with van der Waals surface area (Å²) in [5.74, 6) is 0.543. The normalized spacial score (nSPS) is 10.7. The third-order valence-corrected chi connectivity index (χ3v) is 4.18. The Morgan fingerprint density at radius 3 is 2.75 bits per heavy atom. The zero-order chi connectivity index (χ0) is 13.9. The van der Waals surface area contributed by atoms with E-state index in [1.54, 1.807) is 29.5 Å². The Morgan fingerprint density at radius 1 is 1.15 bits per heavy atom. The van der Waals surface area contributed by atoms with Gasteiger partial charge in [-0.25, -0.2) is 15.0 Å². The molecule has 3 aromatic rings. The Labute approximate surface area is 129 Å². The summed E-state index contributed by atoms with van der Waals surface area (Å²) in [5, 5.41) is 1.72. The first-order valence-electron chi connectivity index (χ1n) is 5.67. The molecule has 3 rings (SSSR count). The van der Waals surface area contributed by atoms with E-state index in [-0.39, 0.29) is 0 Å². The van der Waals surface area contributed by atoms with Crippen molar-refractivity contribution in [3.8, 4) is 5.82 Å². The van der Waals surface area contributed by atoms with Gasteiger partial charge < -0.3 is 0 Å². The van der Waals surface area contributed by atoms with Gasteiger partial charge in [-0.1, -0.05) is 47.1 Å². The van der Waals surface area contributed by atoms with E-state index in [0.717, 1.165) is 4.90 Å². The second-order valence-corrected chi connectivity index (χ2v) is 5.65. The van der Waals surface area contributed by atoms with E-state index < -0.39 is 0 Å². The van der Waals surface area contributed by atoms with Gasteiger partial charge in [0.1, 0.15) is 11.4 Å². The number of halogens is 2. The van der Waals surface area contributed by atoms with Gasteiger partial charge in [0.05, 0.1) is 11.2 Å². The highest BCUT2D eigenvalue weighted by Crippen LogP contribution is 2.32. The molecule has 0 saturated carbocycles. The van der Waals surface area contributed by atoms with Crippen LogP contribution in [-0.2, 0) is 0 Å². The van der Waals surface area contributed by atoms with Crippen LogP contribution in [0.2, 0.25) is 10.2 Å². The Morgan fingerprint density at radius 2 is 2.00 bits per heavy atom. The Kier molecular flexibility index (Phi) is 3.91. The molecular formula is C13H8Cl2N4S. The summed E-state index contributed by atoms with van der Waals surface area (Å²) in [5.41, 5.74) is 0. The topological polar surface area (TPSA) is 43.6 Å². The third-order valence-electron chi connectivity index (χ3n) is 2.49. The molecule has 7 heteroatoms. The van der Waals surface area contributed by atoms with Crippen LogP contribution in [0, 0.1) is 0 Å². The zero-order valence-electron chi connectivity index (χ0n) is 10.1. The van der Waals surface area contributed by atoms with Crippen LogP contribution in [0.3, 0.4) is 0 Å². The van der Waals surface area contributed by atoms with Crippen molar-refractivity contribution in [1.29, 1.82) is 0 Å². The minimum Gasteiger partial charge on any atom is -0.288 e. The van der Waals surface area contributed by atoms with Gasteiger partial charge in [-0.3, -0.25) is 4.57 Å². The molecule has 0 fully saturated rings. The Hall–Kier alpha value is -1.56. The molecule has 0 aliphatic heterocycles. The fourth-order valence-corrected chi connectivity index (χ4v) is 2.80. The lowest BCUT2D eigenvalue weighted by Gasteiger charge is -2.07. The first-order valence-corrected chi connectivity index (χ1v) is 7.24. The molecule has 100 valence electrons. The molecule has 20 heavy (non-hydrogen) atoms. The standard InChI is InChI=1S/C13H8Cl2N4S/c14-9-3-1-2-4-10(9)20-11-7-17-12(15)13(18-11)19-6-5-16-8-19/h1-8H. The molecule has 0 radical (unpaired) electrons. The summed E-state index contributed by atoms with van der Waals surface area (Å²) in [4.78, 5) is 13.5. The molecule has 0 saturated heterocycles. The summed E-state index contributed by atoms with van der Waals surface area (Å²) in [6, 6.07) is 7.58. The molecule has 1 aromatic carbocycles. The number of aromatic nitrogens is 4. The first-order chi connectivity index (χ1) is 9.74. The lowest BCUT2D eigenvalue weighted by molar-refractivity contribution is 0.921. The smallest absolute Gasteiger partial charge is 0.177 e. The molecule has 4 nitrogen and oxygen atoms in total. The van der Waals surface area contributed by atoms with Crippen molar-refractivity contribution in [3.63, 3.8) is 0 Å². The van der Waals surface area contributed by atoms with Gasteiger partial charge in [-0.05, 0) is 12.1 Å². The fourth-order valence-electron chi connectivity index (χ4n) is 1.59. The fraction of sp³-hybridized carbons (Fsp3) is 0. The van der Waals surface area contributed by atoms with Crippen LogP contribution in [0.15, 0.2) is 59.1 Å². The van der Waals surface area contributed by atoms with Crippen molar-refractivity contribution in [3.05, 3.63) is 59.4 Å². The van der Waals surface area contributed by atoms with Gasteiger partial charge in [0.2, 0.25) is 0 Å². The highest BCUT2D eigenvalue weighted by molar-refractivity contribution is 7.99. The minimum absolute atomic E-state index is 0.325. The summed E-state index contributed by atoms with van der Waals surface area (Å²) in [7, 11) is 0. The lowest BCUT2D eigenvalue weighted by atomic mass is 10.4. The predicted molar refractivity (Wildman–Crippen MR) is 79.7 cm³/mol. The zero-order valence-corrected chi connectivity index (χ0v) is 12.4. The van der Waals surface area contributed by atoms with E-state index in [4.69, 9.17) is 23.2 Å². The summed E-state index contributed by atoms with van der Waals surface area (Å²) in [6.07, 6.45) is 6.67. The SMILES string of the molecule is Clc1ccccc1Sc1cnc(Cl)c(-n2ccnc2)n1. The van der Waals surface area contributed by atoms with E-state index in [0.29, 0.717) is 21.0 Å². The highest BCUT2D eigenvalue weighted by atomic mass is 35.5. The van der Waals surface area contributed by atoms with E-state index >= 15 is 0 Å². The van der Waals surface area contributed by atoms with Gasteiger partial charge >= 0.3 is 0 Å². The number of hydrogen-bond acceptors (Lipinski definition) is 4. The lowest BCUT2D eigenvalue weighted by Crippen LogP contribution is -1.98. The van der Waals surface area contributed by atoms with Crippen molar-refractivity contribution >= 4 is 35.0 Å². The maximum atomic E-state index is 6.13. The molecule has 2 aromatic heterocycles. The Bertz CT molecular complexity index is 731. The first kappa shape index (κ1) is 13.4. The van der Waals surface area contributed by atoms with Crippen LogP contribution in [0.4, 0.5) is 0 Å². The van der Waals surface area contributed by atoms with Crippen molar-refractivity contribution in [2.24, 2.45) is 0 Å². The van der Waals surface area contributed by atoms with Crippen LogP contribution in [-0.4, -0.2) is 19.5 Å². The molecule has 0 atom stereocenters. The number of nitrogens with zero attached hydrogens (tertiary/aromatic N) is 4. The molecule has 0 unspecified atom stereocenters. The maximum Gasteiger partial charge on any atom is 0.177 e. The van der Waals surface area contributed by atoms with Crippen molar-refractivity contribution in [2.45, 2.75) is 9.92 Å². The van der Waals surface area contributed by atoms with Crippen LogP contribution >= 0.6 is 35.0 Å².